The average molecular weight is 612 g/mol. The Hall–Kier alpha value is -2.78. The summed E-state index contributed by atoms with van der Waals surface area (Å²) < 4.78 is 6.22. The molecule has 0 N–H and O–H groups in total. The number of hydrogen-bond acceptors (Lipinski definition) is 8. The highest BCUT2D eigenvalue weighted by Crippen LogP contribution is 2.31. The predicted molar refractivity (Wildman–Crippen MR) is 169 cm³/mol. The monoisotopic (exact) mass is 610 g/mol. The van der Waals surface area contributed by atoms with Gasteiger partial charge in [0.2, 0.25) is 11.8 Å². The first-order valence-electron chi connectivity index (χ1n) is 15.0. The van der Waals surface area contributed by atoms with Crippen LogP contribution >= 0.6 is 23.2 Å². The molecule has 2 aliphatic heterocycles. The van der Waals surface area contributed by atoms with Gasteiger partial charge in [0, 0.05) is 60.3 Å². The van der Waals surface area contributed by atoms with Gasteiger partial charge in [-0.3, -0.25) is 9.80 Å². The molecule has 2 aliphatic rings. The van der Waals surface area contributed by atoms with Crippen LogP contribution in [0, 0.1) is 11.8 Å². The second-order valence-electron chi connectivity index (χ2n) is 11.7. The van der Waals surface area contributed by atoms with Crippen LogP contribution < -0.4 is 9.64 Å². The Kier molecular flexibility index (Phi) is 10.7. The molecular formula is C32H40Cl2N6O2. The van der Waals surface area contributed by atoms with E-state index in [-0.39, 0.29) is 5.92 Å². The summed E-state index contributed by atoms with van der Waals surface area (Å²) in [5.41, 5.74) is 2.72. The van der Waals surface area contributed by atoms with Crippen molar-refractivity contribution >= 4 is 35.4 Å². The van der Waals surface area contributed by atoms with Crippen LogP contribution in [0.3, 0.4) is 0 Å². The number of anilines is 1. The Balaban J connectivity index is 1.29. The van der Waals surface area contributed by atoms with Crippen LogP contribution in [0.2, 0.25) is 10.0 Å². The number of piperazine rings is 1. The molecule has 224 valence electrons. The molecule has 3 aromatic rings. The standard InChI is InChI=1S/C32H40Cl2N6O2/c1-23-4-3-7-39(9-5-23)21-25-14-30(26-16-27(33)18-28(34)17-26)37-31(15-25)42-29-19-35-32(36-20-29)40-12-10-38(11-13-40)8-6-24(2)22-41/h14-20,22-24H,3-13,21H2,1-2H3. The first kappa shape index (κ1) is 30.7. The molecule has 1 aromatic carbocycles. The second-order valence-corrected chi connectivity index (χ2v) is 12.6. The van der Waals surface area contributed by atoms with Crippen molar-refractivity contribution < 1.29 is 9.53 Å². The first-order chi connectivity index (χ1) is 20.3. The Bertz CT molecular complexity index is 1310. The third-order valence-electron chi connectivity index (χ3n) is 8.16. The largest absolute Gasteiger partial charge is 0.436 e. The number of halogens is 2. The number of carbonyl (C=O) groups is 1. The molecular weight excluding hydrogens is 571 g/mol. The number of nitrogens with zero attached hydrogens (tertiary/aromatic N) is 6. The number of aldehydes is 1. The minimum absolute atomic E-state index is 0.103. The number of benzene rings is 1. The number of rotatable bonds is 10. The fourth-order valence-corrected chi connectivity index (χ4v) is 6.09. The molecule has 8 nitrogen and oxygen atoms in total. The number of carbonyl (C=O) groups excluding carboxylic acids is 1. The van der Waals surface area contributed by atoms with Gasteiger partial charge in [0.15, 0.2) is 5.75 Å². The smallest absolute Gasteiger partial charge is 0.225 e. The molecule has 0 spiro atoms. The van der Waals surface area contributed by atoms with Crippen molar-refractivity contribution in [1.82, 2.24) is 24.8 Å². The van der Waals surface area contributed by atoms with Gasteiger partial charge in [-0.05, 0) is 81.1 Å². The SMILES string of the molecule is CC(C=O)CCN1CCN(c2ncc(Oc3cc(CN4CCCC(C)CC4)cc(-c4cc(Cl)cc(Cl)c4)n3)cn2)CC1. The molecule has 2 unspecified atom stereocenters. The highest BCUT2D eigenvalue weighted by Gasteiger charge is 2.20. The van der Waals surface area contributed by atoms with E-state index in [9.17, 15) is 4.79 Å². The van der Waals surface area contributed by atoms with Gasteiger partial charge in [0.05, 0.1) is 18.1 Å². The first-order valence-corrected chi connectivity index (χ1v) is 15.7. The molecule has 2 fully saturated rings. The minimum Gasteiger partial charge on any atom is -0.436 e. The molecule has 0 radical (unpaired) electrons. The summed E-state index contributed by atoms with van der Waals surface area (Å²) in [6, 6.07) is 9.57. The van der Waals surface area contributed by atoms with Crippen LogP contribution in [0.15, 0.2) is 42.7 Å². The summed E-state index contributed by atoms with van der Waals surface area (Å²) in [4.78, 5) is 32.0. The molecule has 0 aliphatic carbocycles. The van der Waals surface area contributed by atoms with Crippen LogP contribution in [0.25, 0.3) is 11.3 Å². The van der Waals surface area contributed by atoms with E-state index in [1.807, 2.05) is 25.1 Å². The summed E-state index contributed by atoms with van der Waals surface area (Å²) in [6.45, 7) is 11.8. The fourth-order valence-electron chi connectivity index (χ4n) is 5.56. The molecule has 0 amide bonds. The maximum Gasteiger partial charge on any atom is 0.225 e. The second kappa shape index (κ2) is 14.6. The highest BCUT2D eigenvalue weighted by molar-refractivity contribution is 6.35. The summed E-state index contributed by atoms with van der Waals surface area (Å²) in [5, 5.41) is 1.13. The van der Waals surface area contributed by atoms with Crippen molar-refractivity contribution in [2.45, 2.75) is 46.1 Å². The number of aromatic nitrogens is 3. The lowest BCUT2D eigenvalue weighted by Gasteiger charge is -2.34. The number of pyridine rings is 1. The van der Waals surface area contributed by atoms with Gasteiger partial charge in [-0.2, -0.15) is 0 Å². The topological polar surface area (TPSA) is 74.7 Å². The van der Waals surface area contributed by atoms with Crippen LogP contribution in [-0.2, 0) is 11.3 Å². The zero-order chi connectivity index (χ0) is 29.5. The van der Waals surface area contributed by atoms with E-state index >= 15 is 0 Å². The number of ether oxygens (including phenoxy) is 1. The summed E-state index contributed by atoms with van der Waals surface area (Å²) >= 11 is 12.7. The van der Waals surface area contributed by atoms with Crippen molar-refractivity contribution in [3.63, 3.8) is 0 Å². The molecule has 0 bridgehead atoms. The molecule has 2 saturated heterocycles. The number of hydrogen-bond donors (Lipinski definition) is 0. The van der Waals surface area contributed by atoms with Crippen molar-refractivity contribution in [1.29, 1.82) is 0 Å². The Morgan fingerprint density at radius 2 is 1.69 bits per heavy atom. The Morgan fingerprint density at radius 1 is 0.952 bits per heavy atom. The van der Waals surface area contributed by atoms with Crippen LogP contribution in [0.1, 0.15) is 45.1 Å². The highest BCUT2D eigenvalue weighted by atomic mass is 35.5. The van der Waals surface area contributed by atoms with Crippen LogP contribution in [0.5, 0.6) is 11.6 Å². The van der Waals surface area contributed by atoms with E-state index in [0.717, 1.165) is 87.8 Å². The van der Waals surface area contributed by atoms with Crippen molar-refractivity contribution in [3.05, 3.63) is 58.3 Å². The zero-order valence-electron chi connectivity index (χ0n) is 24.5. The zero-order valence-corrected chi connectivity index (χ0v) is 26.0. The quantitative estimate of drug-likeness (QED) is 0.237. The Labute approximate surface area is 259 Å². The molecule has 2 atom stereocenters. The average Bonchev–Trinajstić information content (AvgIpc) is 3.19. The van der Waals surface area contributed by atoms with E-state index in [1.54, 1.807) is 18.5 Å². The lowest BCUT2D eigenvalue weighted by molar-refractivity contribution is -0.110. The van der Waals surface area contributed by atoms with Gasteiger partial charge in [0.25, 0.3) is 0 Å². The van der Waals surface area contributed by atoms with E-state index in [4.69, 9.17) is 32.9 Å². The van der Waals surface area contributed by atoms with E-state index in [2.05, 4.69) is 37.7 Å². The fraction of sp³-hybridized carbons (Fsp3) is 0.500. The molecule has 42 heavy (non-hydrogen) atoms. The lowest BCUT2D eigenvalue weighted by Crippen LogP contribution is -2.47. The van der Waals surface area contributed by atoms with Crippen LogP contribution in [-0.4, -0.2) is 76.9 Å². The molecule has 4 heterocycles. The van der Waals surface area contributed by atoms with Crippen LogP contribution in [0.4, 0.5) is 5.95 Å². The summed E-state index contributed by atoms with van der Waals surface area (Å²) in [7, 11) is 0. The van der Waals surface area contributed by atoms with Crippen molar-refractivity contribution in [2.75, 3.05) is 50.7 Å². The van der Waals surface area contributed by atoms with Gasteiger partial charge in [-0.1, -0.05) is 37.0 Å². The molecule has 5 rings (SSSR count). The minimum atomic E-state index is 0.103. The third-order valence-corrected chi connectivity index (χ3v) is 8.60. The van der Waals surface area contributed by atoms with Gasteiger partial charge in [0.1, 0.15) is 6.29 Å². The predicted octanol–water partition coefficient (Wildman–Crippen LogP) is 6.61. The molecule has 10 heteroatoms. The molecule has 0 saturated carbocycles. The Morgan fingerprint density at radius 3 is 2.40 bits per heavy atom. The maximum absolute atomic E-state index is 10.9. The lowest BCUT2D eigenvalue weighted by atomic mass is 10.0. The van der Waals surface area contributed by atoms with Crippen molar-refractivity contribution in [3.8, 4) is 22.9 Å². The van der Waals surface area contributed by atoms with Gasteiger partial charge >= 0.3 is 0 Å². The van der Waals surface area contributed by atoms with Crippen molar-refractivity contribution in [2.24, 2.45) is 11.8 Å². The number of likely N-dealkylation sites (tertiary alicyclic amines) is 1. The summed E-state index contributed by atoms with van der Waals surface area (Å²) in [6.07, 6.45) is 9.05. The van der Waals surface area contributed by atoms with E-state index in [0.29, 0.717) is 27.6 Å². The third kappa shape index (κ3) is 8.63. The molecule has 2 aromatic heterocycles. The van der Waals surface area contributed by atoms with Gasteiger partial charge in [-0.25, -0.2) is 15.0 Å². The normalized spacial score (nSPS) is 19.3. The van der Waals surface area contributed by atoms with Gasteiger partial charge < -0.3 is 14.4 Å². The maximum atomic E-state index is 10.9. The van der Waals surface area contributed by atoms with E-state index < -0.39 is 0 Å². The van der Waals surface area contributed by atoms with E-state index in [1.165, 1.54) is 19.3 Å². The van der Waals surface area contributed by atoms with Gasteiger partial charge in [-0.15, -0.1) is 0 Å². The summed E-state index contributed by atoms with van der Waals surface area (Å²) in [5.74, 6) is 2.57.